The minimum absolute atomic E-state index is 0.0578. The summed E-state index contributed by atoms with van der Waals surface area (Å²) in [6, 6.07) is 3.89. The van der Waals surface area contributed by atoms with Crippen molar-refractivity contribution in [2.75, 3.05) is 26.2 Å². The van der Waals surface area contributed by atoms with Crippen LogP contribution >= 0.6 is 43.2 Å². The van der Waals surface area contributed by atoms with Gasteiger partial charge in [-0.15, -0.1) is 11.3 Å². The molecule has 18 heavy (non-hydrogen) atoms. The molecule has 0 saturated carbocycles. The molecule has 0 N–H and O–H groups in total. The Morgan fingerprint density at radius 1 is 1.67 bits per heavy atom. The molecule has 1 atom stereocenters. The zero-order valence-corrected chi connectivity index (χ0v) is 13.3. The first kappa shape index (κ1) is 14.2. The molecule has 0 aromatic carbocycles. The number of carbonyl (C=O) groups excluding carboxylic acids is 1. The number of nitrogens with zero attached hydrogens (tertiary/aromatic N) is 2. The summed E-state index contributed by atoms with van der Waals surface area (Å²) in [5, 5.41) is 8.81. The van der Waals surface area contributed by atoms with E-state index in [4.69, 9.17) is 10.00 Å². The normalized spacial score (nSPS) is 20.6. The van der Waals surface area contributed by atoms with Crippen molar-refractivity contribution in [2.45, 2.75) is 6.10 Å². The fraction of sp³-hybridized carbons (Fsp3) is 0.455. The molecule has 0 spiro atoms. The van der Waals surface area contributed by atoms with Gasteiger partial charge in [0.25, 0.3) is 0 Å². The van der Waals surface area contributed by atoms with Gasteiger partial charge in [0.1, 0.15) is 0 Å². The van der Waals surface area contributed by atoms with Crippen LogP contribution in [-0.4, -0.2) is 43.0 Å². The predicted molar refractivity (Wildman–Crippen MR) is 75.8 cm³/mol. The van der Waals surface area contributed by atoms with E-state index >= 15 is 0 Å². The first-order valence-electron chi connectivity index (χ1n) is 5.31. The lowest BCUT2D eigenvalue weighted by Crippen LogP contribution is -2.44. The summed E-state index contributed by atoms with van der Waals surface area (Å²) >= 11 is 8.22. The zero-order chi connectivity index (χ0) is 13.1. The van der Waals surface area contributed by atoms with E-state index in [0.29, 0.717) is 31.8 Å². The van der Waals surface area contributed by atoms with Crippen molar-refractivity contribution in [3.63, 3.8) is 0 Å². The van der Waals surface area contributed by atoms with Gasteiger partial charge in [0.2, 0.25) is 0 Å². The number of ether oxygens (including phenoxy) is 1. The largest absolute Gasteiger partial charge is 0.361 e. The lowest BCUT2D eigenvalue weighted by atomic mass is 10.2. The van der Waals surface area contributed by atoms with Gasteiger partial charge in [0.05, 0.1) is 26.8 Å². The van der Waals surface area contributed by atoms with Crippen molar-refractivity contribution in [1.82, 2.24) is 4.90 Å². The second-order valence-electron chi connectivity index (χ2n) is 3.88. The van der Waals surface area contributed by atoms with Crippen LogP contribution in [-0.2, 0) is 4.74 Å². The SMILES string of the molecule is N#CC1CN(CC(=O)c2cc(Br)sc2Br)CCO1. The third-order valence-electron chi connectivity index (χ3n) is 2.62. The number of thiophene rings is 1. The average molecular weight is 394 g/mol. The van der Waals surface area contributed by atoms with Gasteiger partial charge < -0.3 is 4.74 Å². The number of hydrogen-bond acceptors (Lipinski definition) is 5. The van der Waals surface area contributed by atoms with Crippen LogP contribution in [0.15, 0.2) is 13.6 Å². The summed E-state index contributed by atoms with van der Waals surface area (Å²) in [6.45, 7) is 2.00. The maximum atomic E-state index is 12.1. The molecule has 2 heterocycles. The van der Waals surface area contributed by atoms with Gasteiger partial charge in [0.15, 0.2) is 11.9 Å². The van der Waals surface area contributed by atoms with E-state index in [-0.39, 0.29) is 5.78 Å². The number of ketones is 1. The fourth-order valence-corrected chi connectivity index (χ4v) is 4.60. The van der Waals surface area contributed by atoms with Crippen LogP contribution in [0.1, 0.15) is 10.4 Å². The predicted octanol–water partition coefficient (Wildman–Crippen LogP) is 2.68. The molecular formula is C11H10Br2N2O2S. The molecule has 2 rings (SSSR count). The molecule has 1 fully saturated rings. The first-order chi connectivity index (χ1) is 8.60. The number of halogens is 2. The van der Waals surface area contributed by atoms with E-state index < -0.39 is 6.10 Å². The minimum Gasteiger partial charge on any atom is -0.361 e. The minimum atomic E-state index is -0.427. The van der Waals surface area contributed by atoms with Crippen LogP contribution in [0, 0.1) is 11.3 Å². The van der Waals surface area contributed by atoms with Crippen LogP contribution in [0.2, 0.25) is 0 Å². The molecule has 4 nitrogen and oxygen atoms in total. The average Bonchev–Trinajstić information content (AvgIpc) is 2.69. The summed E-state index contributed by atoms with van der Waals surface area (Å²) in [5.74, 6) is 0.0578. The Morgan fingerprint density at radius 3 is 3.06 bits per heavy atom. The Balaban J connectivity index is 1.99. The van der Waals surface area contributed by atoms with Crippen LogP contribution in [0.25, 0.3) is 0 Å². The number of nitriles is 1. The molecule has 7 heteroatoms. The van der Waals surface area contributed by atoms with Crippen LogP contribution < -0.4 is 0 Å². The monoisotopic (exact) mass is 392 g/mol. The topological polar surface area (TPSA) is 53.3 Å². The molecule has 1 unspecified atom stereocenters. The van der Waals surface area contributed by atoms with Gasteiger partial charge in [-0.05, 0) is 37.9 Å². The second kappa shape index (κ2) is 6.26. The number of Topliss-reactive ketones (excluding diaryl/α,β-unsaturated/α-hetero) is 1. The number of morpholine rings is 1. The van der Waals surface area contributed by atoms with Crippen molar-refractivity contribution < 1.29 is 9.53 Å². The summed E-state index contributed by atoms with van der Waals surface area (Å²) in [4.78, 5) is 14.1. The van der Waals surface area contributed by atoms with Crippen LogP contribution in [0.4, 0.5) is 0 Å². The van der Waals surface area contributed by atoms with E-state index in [0.717, 1.165) is 7.57 Å². The lowest BCUT2D eigenvalue weighted by molar-refractivity contribution is 0.00241. The zero-order valence-electron chi connectivity index (χ0n) is 9.36. The number of hydrogen-bond donors (Lipinski definition) is 0. The highest BCUT2D eigenvalue weighted by Crippen LogP contribution is 2.32. The molecule has 1 aromatic heterocycles. The first-order valence-corrected chi connectivity index (χ1v) is 7.72. The summed E-state index contributed by atoms with van der Waals surface area (Å²) in [7, 11) is 0. The Kier molecular flexibility index (Phi) is 4.92. The van der Waals surface area contributed by atoms with E-state index in [9.17, 15) is 4.79 Å². The standard InChI is InChI=1S/C11H10Br2N2O2S/c12-10-3-8(11(13)18-10)9(16)6-15-1-2-17-7(4-14)5-15/h3,7H,1-2,5-6H2. The van der Waals surface area contributed by atoms with Crippen molar-refractivity contribution >= 4 is 49.0 Å². The summed E-state index contributed by atoms with van der Waals surface area (Å²) in [6.07, 6.45) is -0.427. The third kappa shape index (κ3) is 3.39. The van der Waals surface area contributed by atoms with E-state index in [2.05, 4.69) is 37.9 Å². The quantitative estimate of drug-likeness (QED) is 0.741. The van der Waals surface area contributed by atoms with Crippen molar-refractivity contribution in [1.29, 1.82) is 5.26 Å². The highest BCUT2D eigenvalue weighted by molar-refractivity contribution is 9.12. The van der Waals surface area contributed by atoms with Gasteiger partial charge in [0, 0.05) is 18.7 Å². The van der Waals surface area contributed by atoms with Gasteiger partial charge in [-0.2, -0.15) is 5.26 Å². The molecule has 0 amide bonds. The second-order valence-corrected chi connectivity index (χ2v) is 7.63. The molecule has 96 valence electrons. The fourth-order valence-electron chi connectivity index (χ4n) is 1.74. The Morgan fingerprint density at radius 2 is 2.44 bits per heavy atom. The lowest BCUT2D eigenvalue weighted by Gasteiger charge is -2.28. The molecule has 0 aliphatic carbocycles. The highest BCUT2D eigenvalue weighted by Gasteiger charge is 2.23. The molecule has 0 bridgehead atoms. The van der Waals surface area contributed by atoms with E-state index in [1.54, 1.807) is 0 Å². The smallest absolute Gasteiger partial charge is 0.178 e. The van der Waals surface area contributed by atoms with Crippen LogP contribution in [0.3, 0.4) is 0 Å². The van der Waals surface area contributed by atoms with Gasteiger partial charge in [-0.3, -0.25) is 9.69 Å². The van der Waals surface area contributed by atoms with Crippen LogP contribution in [0.5, 0.6) is 0 Å². The molecule has 0 radical (unpaired) electrons. The van der Waals surface area contributed by atoms with E-state index in [1.807, 2.05) is 11.0 Å². The molecular weight excluding hydrogens is 384 g/mol. The number of carbonyl (C=O) groups is 1. The van der Waals surface area contributed by atoms with E-state index in [1.165, 1.54) is 11.3 Å². The molecule has 1 aliphatic heterocycles. The highest BCUT2D eigenvalue weighted by atomic mass is 79.9. The Labute approximate surface area is 126 Å². The van der Waals surface area contributed by atoms with Gasteiger partial charge in [-0.1, -0.05) is 0 Å². The Bertz CT molecular complexity index is 498. The maximum absolute atomic E-state index is 12.1. The summed E-state index contributed by atoms with van der Waals surface area (Å²) in [5.41, 5.74) is 0.687. The molecule has 1 aromatic rings. The van der Waals surface area contributed by atoms with Gasteiger partial charge in [-0.25, -0.2) is 0 Å². The Hall–Kier alpha value is -0.260. The molecule has 1 saturated heterocycles. The van der Waals surface area contributed by atoms with Crippen molar-refractivity contribution in [2.24, 2.45) is 0 Å². The maximum Gasteiger partial charge on any atom is 0.178 e. The third-order valence-corrected chi connectivity index (χ3v) is 4.96. The van der Waals surface area contributed by atoms with Crippen molar-refractivity contribution in [3.8, 4) is 6.07 Å². The molecule has 1 aliphatic rings. The van der Waals surface area contributed by atoms with Gasteiger partial charge >= 0.3 is 0 Å². The summed E-state index contributed by atoms with van der Waals surface area (Å²) < 4.78 is 7.01. The van der Waals surface area contributed by atoms with Crippen molar-refractivity contribution in [3.05, 3.63) is 19.2 Å². The number of rotatable bonds is 3.